The standard InChI is InChI=1S/C23H25F3N4O2/c1-13(31)29-7-6-20-18(12-29)21(28-27-20)22(32)30-10-15-8-14(9-16(15)11-30)17-4-2-3-5-19(17)23(24,25)26/h2-5,14-16H,6-12H2,1H3,(H,27,28)/t14-,15+,16-. The van der Waals surface area contributed by atoms with E-state index in [2.05, 4.69) is 10.2 Å². The molecule has 0 radical (unpaired) electrons. The van der Waals surface area contributed by atoms with E-state index in [1.165, 1.54) is 13.0 Å². The van der Waals surface area contributed by atoms with Gasteiger partial charge in [-0.25, -0.2) is 0 Å². The Balaban J connectivity index is 1.29. The SMILES string of the molecule is CC(=O)N1CCc2[nH]nc(C(=O)N3C[C@H]4C[C@H](c5ccccc5C(F)(F)F)C[C@H]4C3)c2C1. The van der Waals surface area contributed by atoms with E-state index in [0.29, 0.717) is 56.7 Å². The Hall–Kier alpha value is -2.84. The summed E-state index contributed by atoms with van der Waals surface area (Å²) in [5.41, 5.74) is 1.87. The molecule has 0 unspecified atom stereocenters. The number of aromatic amines is 1. The van der Waals surface area contributed by atoms with Crippen molar-refractivity contribution in [1.82, 2.24) is 20.0 Å². The maximum absolute atomic E-state index is 13.4. The van der Waals surface area contributed by atoms with E-state index < -0.39 is 11.7 Å². The number of alkyl halides is 3. The van der Waals surface area contributed by atoms with Crippen molar-refractivity contribution in [2.45, 2.75) is 44.8 Å². The van der Waals surface area contributed by atoms with E-state index in [1.54, 1.807) is 21.9 Å². The molecule has 1 aliphatic carbocycles. The molecule has 6 nitrogen and oxygen atoms in total. The van der Waals surface area contributed by atoms with Gasteiger partial charge in [-0.15, -0.1) is 0 Å². The van der Waals surface area contributed by atoms with Gasteiger partial charge in [0.2, 0.25) is 5.91 Å². The fourth-order valence-electron chi connectivity index (χ4n) is 5.72. The summed E-state index contributed by atoms with van der Waals surface area (Å²) < 4.78 is 40.3. The summed E-state index contributed by atoms with van der Waals surface area (Å²) in [5, 5.41) is 7.20. The van der Waals surface area contributed by atoms with E-state index in [1.807, 2.05) is 0 Å². The first kappa shape index (κ1) is 21.0. The average molecular weight is 446 g/mol. The molecular weight excluding hydrogens is 421 g/mol. The van der Waals surface area contributed by atoms with Gasteiger partial charge in [-0.2, -0.15) is 18.3 Å². The van der Waals surface area contributed by atoms with Crippen LogP contribution < -0.4 is 0 Å². The van der Waals surface area contributed by atoms with E-state index in [4.69, 9.17) is 0 Å². The third-order valence-electron chi connectivity index (χ3n) is 7.33. The number of fused-ring (bicyclic) bond motifs is 2. The molecule has 1 N–H and O–H groups in total. The number of nitrogens with zero attached hydrogens (tertiary/aromatic N) is 3. The zero-order valence-electron chi connectivity index (χ0n) is 17.8. The first-order valence-electron chi connectivity index (χ1n) is 11.0. The Kier molecular flexibility index (Phi) is 5.02. The summed E-state index contributed by atoms with van der Waals surface area (Å²) in [6, 6.07) is 5.85. The molecule has 2 amide bonds. The third kappa shape index (κ3) is 3.57. The number of benzene rings is 1. The van der Waals surface area contributed by atoms with Crippen molar-refractivity contribution in [2.75, 3.05) is 19.6 Å². The lowest BCUT2D eigenvalue weighted by Crippen LogP contribution is -2.36. The Morgan fingerprint density at radius 2 is 1.78 bits per heavy atom. The number of aromatic nitrogens is 2. The van der Waals surface area contributed by atoms with Gasteiger partial charge in [0.15, 0.2) is 5.69 Å². The summed E-state index contributed by atoms with van der Waals surface area (Å²) in [6.07, 6.45) is -2.42. The van der Waals surface area contributed by atoms with Crippen molar-refractivity contribution in [3.63, 3.8) is 0 Å². The lowest BCUT2D eigenvalue weighted by atomic mass is 9.91. The second kappa shape index (κ2) is 7.64. The normalized spacial score (nSPS) is 25.1. The number of likely N-dealkylation sites (tertiary alicyclic amines) is 1. The molecule has 3 heterocycles. The fraction of sp³-hybridized carbons (Fsp3) is 0.522. The Labute approximate surface area is 183 Å². The largest absolute Gasteiger partial charge is 0.416 e. The molecule has 3 aliphatic rings. The number of carbonyl (C=O) groups is 2. The molecule has 5 rings (SSSR count). The minimum absolute atomic E-state index is 0.0314. The number of halogens is 3. The molecular formula is C23H25F3N4O2. The summed E-state index contributed by atoms with van der Waals surface area (Å²) >= 11 is 0. The summed E-state index contributed by atoms with van der Waals surface area (Å²) in [5.74, 6) is 0.0514. The van der Waals surface area contributed by atoms with Crippen molar-refractivity contribution < 1.29 is 22.8 Å². The zero-order chi connectivity index (χ0) is 22.6. The molecule has 9 heteroatoms. The molecule has 2 aliphatic heterocycles. The van der Waals surface area contributed by atoms with Crippen molar-refractivity contribution in [2.24, 2.45) is 11.8 Å². The van der Waals surface area contributed by atoms with E-state index in [0.717, 1.165) is 17.3 Å². The Morgan fingerprint density at radius 1 is 1.09 bits per heavy atom. The maximum Gasteiger partial charge on any atom is 0.416 e. The number of amides is 2. The van der Waals surface area contributed by atoms with Crippen LogP contribution in [0.3, 0.4) is 0 Å². The predicted molar refractivity (Wildman–Crippen MR) is 110 cm³/mol. The van der Waals surface area contributed by atoms with Crippen molar-refractivity contribution in [1.29, 1.82) is 0 Å². The number of nitrogens with one attached hydrogen (secondary N) is 1. The Morgan fingerprint density at radius 3 is 2.44 bits per heavy atom. The molecule has 0 spiro atoms. The number of rotatable bonds is 2. The van der Waals surface area contributed by atoms with Crippen LogP contribution in [0, 0.1) is 11.8 Å². The quantitative estimate of drug-likeness (QED) is 0.767. The molecule has 32 heavy (non-hydrogen) atoms. The van der Waals surface area contributed by atoms with Crippen LogP contribution in [0.5, 0.6) is 0 Å². The maximum atomic E-state index is 13.4. The molecule has 3 atom stereocenters. The van der Waals surface area contributed by atoms with Gasteiger partial charge in [0, 0.05) is 50.8 Å². The van der Waals surface area contributed by atoms with E-state index >= 15 is 0 Å². The summed E-state index contributed by atoms with van der Waals surface area (Å²) in [4.78, 5) is 28.5. The molecule has 1 saturated carbocycles. The average Bonchev–Trinajstić information content (AvgIpc) is 3.45. The second-order valence-corrected chi connectivity index (χ2v) is 9.20. The molecule has 170 valence electrons. The highest BCUT2D eigenvalue weighted by Gasteiger charge is 2.45. The van der Waals surface area contributed by atoms with Crippen LogP contribution in [-0.4, -0.2) is 51.4 Å². The zero-order valence-corrected chi connectivity index (χ0v) is 17.8. The highest BCUT2D eigenvalue weighted by molar-refractivity contribution is 5.94. The van der Waals surface area contributed by atoms with Crippen LogP contribution in [0.25, 0.3) is 0 Å². The van der Waals surface area contributed by atoms with Gasteiger partial charge in [-0.1, -0.05) is 18.2 Å². The van der Waals surface area contributed by atoms with Gasteiger partial charge in [0.1, 0.15) is 0 Å². The van der Waals surface area contributed by atoms with Crippen LogP contribution in [0.4, 0.5) is 13.2 Å². The molecule has 2 fully saturated rings. The van der Waals surface area contributed by atoms with Crippen molar-refractivity contribution >= 4 is 11.8 Å². The van der Waals surface area contributed by atoms with Gasteiger partial charge in [-0.05, 0) is 42.2 Å². The van der Waals surface area contributed by atoms with Gasteiger partial charge in [-0.3, -0.25) is 14.7 Å². The van der Waals surface area contributed by atoms with Gasteiger partial charge in [0.25, 0.3) is 5.91 Å². The van der Waals surface area contributed by atoms with Crippen molar-refractivity contribution in [3.05, 3.63) is 52.3 Å². The van der Waals surface area contributed by atoms with E-state index in [-0.39, 0.29) is 29.6 Å². The molecule has 1 saturated heterocycles. The van der Waals surface area contributed by atoms with E-state index in [9.17, 15) is 22.8 Å². The first-order chi connectivity index (χ1) is 15.2. The predicted octanol–water partition coefficient (Wildman–Crippen LogP) is 3.60. The smallest absolute Gasteiger partial charge is 0.338 e. The summed E-state index contributed by atoms with van der Waals surface area (Å²) in [6.45, 7) is 3.56. The second-order valence-electron chi connectivity index (χ2n) is 9.20. The lowest BCUT2D eigenvalue weighted by molar-refractivity contribution is -0.138. The van der Waals surface area contributed by atoms with Crippen LogP contribution in [0.15, 0.2) is 24.3 Å². The topological polar surface area (TPSA) is 69.3 Å². The lowest BCUT2D eigenvalue weighted by Gasteiger charge is -2.26. The number of hydrogen-bond acceptors (Lipinski definition) is 3. The monoisotopic (exact) mass is 446 g/mol. The molecule has 1 aromatic carbocycles. The van der Waals surface area contributed by atoms with Crippen molar-refractivity contribution in [3.8, 4) is 0 Å². The minimum atomic E-state index is -4.36. The van der Waals surface area contributed by atoms with Gasteiger partial charge >= 0.3 is 6.18 Å². The van der Waals surface area contributed by atoms with Crippen LogP contribution in [-0.2, 0) is 23.9 Å². The highest BCUT2D eigenvalue weighted by atomic mass is 19.4. The number of carbonyl (C=O) groups excluding carboxylic acids is 2. The van der Waals surface area contributed by atoms with Crippen LogP contribution in [0.1, 0.15) is 58.6 Å². The Bertz CT molecular complexity index is 1050. The highest BCUT2D eigenvalue weighted by Crippen LogP contribution is 2.49. The molecule has 1 aromatic heterocycles. The van der Waals surface area contributed by atoms with Gasteiger partial charge < -0.3 is 9.80 Å². The first-order valence-corrected chi connectivity index (χ1v) is 11.0. The third-order valence-corrected chi connectivity index (χ3v) is 7.33. The minimum Gasteiger partial charge on any atom is -0.338 e. The fourth-order valence-corrected chi connectivity index (χ4v) is 5.72. The summed E-state index contributed by atoms with van der Waals surface area (Å²) in [7, 11) is 0. The molecule has 2 aromatic rings. The number of H-pyrrole nitrogens is 1. The molecule has 0 bridgehead atoms. The van der Waals surface area contributed by atoms with Gasteiger partial charge in [0.05, 0.1) is 5.56 Å². The number of hydrogen-bond donors (Lipinski definition) is 1. The van der Waals surface area contributed by atoms with Crippen LogP contribution in [0.2, 0.25) is 0 Å². The van der Waals surface area contributed by atoms with Crippen LogP contribution >= 0.6 is 0 Å².